The zero-order valence-corrected chi connectivity index (χ0v) is 10.1. The molecule has 0 aliphatic heterocycles. The number of rotatable bonds is 3. The molecule has 1 aromatic heterocycles. The average molecular weight is 259 g/mol. The van der Waals surface area contributed by atoms with E-state index in [-0.39, 0.29) is 4.90 Å². The van der Waals surface area contributed by atoms with E-state index in [4.69, 9.17) is 5.26 Å². The number of aromatic nitrogens is 1. The molecule has 0 aliphatic carbocycles. The first-order valence-electron chi connectivity index (χ1n) is 5.05. The fourth-order valence-electron chi connectivity index (χ4n) is 1.37. The van der Waals surface area contributed by atoms with Gasteiger partial charge in [-0.15, -0.1) is 0 Å². The molecular formula is C12H9N3O2S. The van der Waals surface area contributed by atoms with Crippen LogP contribution in [0.2, 0.25) is 0 Å². The fraction of sp³-hybridized carbons (Fsp3) is 0. The predicted octanol–water partition coefficient (Wildman–Crippen LogP) is 1.75. The Morgan fingerprint density at radius 1 is 1.17 bits per heavy atom. The van der Waals surface area contributed by atoms with Crippen molar-refractivity contribution in [2.45, 2.75) is 4.90 Å². The van der Waals surface area contributed by atoms with Crippen LogP contribution in [0.3, 0.4) is 0 Å². The van der Waals surface area contributed by atoms with Crippen LogP contribution >= 0.6 is 0 Å². The second-order valence-electron chi connectivity index (χ2n) is 3.48. The van der Waals surface area contributed by atoms with Gasteiger partial charge in [0.05, 0.1) is 22.2 Å². The largest absolute Gasteiger partial charge is 0.280 e. The quantitative estimate of drug-likeness (QED) is 0.910. The number of nitriles is 1. The van der Waals surface area contributed by atoms with Crippen LogP contribution in [0.25, 0.3) is 0 Å². The summed E-state index contributed by atoms with van der Waals surface area (Å²) in [6.07, 6.45) is 2.98. The molecule has 90 valence electrons. The third-order valence-electron chi connectivity index (χ3n) is 2.21. The lowest BCUT2D eigenvalue weighted by Crippen LogP contribution is -2.12. The summed E-state index contributed by atoms with van der Waals surface area (Å²) in [7, 11) is -3.67. The van der Waals surface area contributed by atoms with E-state index < -0.39 is 10.0 Å². The zero-order valence-electron chi connectivity index (χ0n) is 9.24. The molecule has 0 unspecified atom stereocenters. The van der Waals surface area contributed by atoms with Gasteiger partial charge in [-0.2, -0.15) is 5.26 Å². The molecule has 5 nitrogen and oxygen atoms in total. The van der Waals surface area contributed by atoms with Gasteiger partial charge in [0.1, 0.15) is 0 Å². The number of sulfonamides is 1. The van der Waals surface area contributed by atoms with Gasteiger partial charge in [0.25, 0.3) is 10.0 Å². The van der Waals surface area contributed by atoms with Crippen LogP contribution in [0.5, 0.6) is 0 Å². The zero-order chi connectivity index (χ0) is 13.0. The smallest absolute Gasteiger partial charge is 0.261 e. The number of pyridine rings is 1. The molecular weight excluding hydrogens is 250 g/mol. The molecule has 18 heavy (non-hydrogen) atoms. The van der Waals surface area contributed by atoms with Crippen LogP contribution in [0.4, 0.5) is 5.69 Å². The Morgan fingerprint density at radius 3 is 2.56 bits per heavy atom. The van der Waals surface area contributed by atoms with Gasteiger partial charge in [-0.05, 0) is 30.3 Å². The summed E-state index contributed by atoms with van der Waals surface area (Å²) in [4.78, 5) is 3.85. The van der Waals surface area contributed by atoms with Gasteiger partial charge >= 0.3 is 0 Å². The second kappa shape index (κ2) is 4.85. The van der Waals surface area contributed by atoms with Crippen molar-refractivity contribution < 1.29 is 8.42 Å². The number of nitrogens with zero attached hydrogens (tertiary/aromatic N) is 2. The maximum Gasteiger partial charge on any atom is 0.261 e. The first-order valence-corrected chi connectivity index (χ1v) is 6.53. The second-order valence-corrected chi connectivity index (χ2v) is 5.16. The van der Waals surface area contributed by atoms with Crippen molar-refractivity contribution in [3.63, 3.8) is 0 Å². The first kappa shape index (κ1) is 12.1. The van der Waals surface area contributed by atoms with Crippen LogP contribution in [-0.4, -0.2) is 13.4 Å². The highest BCUT2D eigenvalue weighted by Crippen LogP contribution is 2.15. The van der Waals surface area contributed by atoms with Crippen molar-refractivity contribution in [2.24, 2.45) is 0 Å². The van der Waals surface area contributed by atoms with E-state index in [0.29, 0.717) is 11.3 Å². The van der Waals surface area contributed by atoms with E-state index in [1.165, 1.54) is 30.6 Å². The minimum absolute atomic E-state index is 0.0540. The van der Waals surface area contributed by atoms with E-state index >= 15 is 0 Å². The highest BCUT2D eigenvalue weighted by Gasteiger charge is 2.14. The summed E-state index contributed by atoms with van der Waals surface area (Å²) in [5.41, 5.74) is 0.722. The maximum absolute atomic E-state index is 12.0. The fourth-order valence-corrected chi connectivity index (χ4v) is 2.47. The molecule has 0 atom stereocenters. The van der Waals surface area contributed by atoms with E-state index in [2.05, 4.69) is 9.71 Å². The van der Waals surface area contributed by atoms with Crippen LogP contribution in [-0.2, 0) is 10.0 Å². The summed E-state index contributed by atoms with van der Waals surface area (Å²) < 4.78 is 26.5. The van der Waals surface area contributed by atoms with Crippen molar-refractivity contribution in [2.75, 3.05) is 4.72 Å². The molecule has 0 saturated heterocycles. The standard InChI is InChI=1S/C12H9N3O2S/c13-9-10-2-1-3-12(8-10)18(16,17)15-11-4-6-14-7-5-11/h1-8H,(H,14,15). The monoisotopic (exact) mass is 259 g/mol. The molecule has 0 saturated carbocycles. The Balaban J connectivity index is 2.34. The molecule has 0 aliphatic rings. The minimum Gasteiger partial charge on any atom is -0.280 e. The topological polar surface area (TPSA) is 82.8 Å². The molecule has 1 N–H and O–H groups in total. The lowest BCUT2D eigenvalue weighted by molar-refractivity contribution is 0.601. The van der Waals surface area contributed by atoms with Crippen molar-refractivity contribution in [1.29, 1.82) is 5.26 Å². The molecule has 6 heteroatoms. The Morgan fingerprint density at radius 2 is 1.89 bits per heavy atom. The average Bonchev–Trinajstić information content (AvgIpc) is 2.39. The summed E-state index contributed by atoms with van der Waals surface area (Å²) in [5.74, 6) is 0. The van der Waals surface area contributed by atoms with Crippen LogP contribution in [0, 0.1) is 11.3 Å². The Labute approximate surface area is 105 Å². The van der Waals surface area contributed by atoms with Crippen molar-refractivity contribution in [1.82, 2.24) is 4.98 Å². The molecule has 0 spiro atoms. The lowest BCUT2D eigenvalue weighted by atomic mass is 10.2. The summed E-state index contributed by atoms with van der Waals surface area (Å²) in [6, 6.07) is 10.8. The van der Waals surface area contributed by atoms with Crippen molar-refractivity contribution in [3.8, 4) is 6.07 Å². The Bertz CT molecular complexity index is 691. The van der Waals surface area contributed by atoms with Crippen molar-refractivity contribution in [3.05, 3.63) is 54.4 Å². The Hall–Kier alpha value is -2.39. The summed E-state index contributed by atoms with van der Waals surface area (Å²) in [6.45, 7) is 0. The number of benzene rings is 1. The number of hydrogen-bond acceptors (Lipinski definition) is 4. The first-order chi connectivity index (χ1) is 8.62. The van der Waals surface area contributed by atoms with Gasteiger partial charge in [0, 0.05) is 12.4 Å². The van der Waals surface area contributed by atoms with E-state index in [9.17, 15) is 8.42 Å². The van der Waals surface area contributed by atoms with E-state index in [1.54, 1.807) is 18.2 Å². The minimum atomic E-state index is -3.67. The van der Waals surface area contributed by atoms with Crippen LogP contribution in [0.1, 0.15) is 5.56 Å². The molecule has 0 amide bonds. The molecule has 1 heterocycles. The normalized spacial score (nSPS) is 10.6. The number of nitrogens with one attached hydrogen (secondary N) is 1. The van der Waals surface area contributed by atoms with Crippen LogP contribution in [0.15, 0.2) is 53.7 Å². The summed E-state index contributed by atoms with van der Waals surface area (Å²) in [5, 5.41) is 8.74. The van der Waals surface area contributed by atoms with Gasteiger partial charge in [-0.3, -0.25) is 9.71 Å². The molecule has 2 aromatic rings. The van der Waals surface area contributed by atoms with Gasteiger partial charge in [0.2, 0.25) is 0 Å². The molecule has 1 aromatic carbocycles. The van der Waals surface area contributed by atoms with Gasteiger partial charge in [-0.25, -0.2) is 8.42 Å². The predicted molar refractivity (Wildman–Crippen MR) is 66.2 cm³/mol. The maximum atomic E-state index is 12.0. The molecule has 0 radical (unpaired) electrons. The lowest BCUT2D eigenvalue weighted by Gasteiger charge is -2.07. The highest BCUT2D eigenvalue weighted by atomic mass is 32.2. The summed E-state index contributed by atoms with van der Waals surface area (Å²) >= 11 is 0. The van der Waals surface area contributed by atoms with E-state index in [1.807, 2.05) is 6.07 Å². The third kappa shape index (κ3) is 2.64. The third-order valence-corrected chi connectivity index (χ3v) is 3.58. The molecule has 0 bridgehead atoms. The van der Waals surface area contributed by atoms with Gasteiger partial charge < -0.3 is 0 Å². The SMILES string of the molecule is N#Cc1cccc(S(=O)(=O)Nc2ccncc2)c1. The number of hydrogen-bond donors (Lipinski definition) is 1. The molecule has 2 rings (SSSR count). The highest BCUT2D eigenvalue weighted by molar-refractivity contribution is 7.92. The van der Waals surface area contributed by atoms with Gasteiger partial charge in [-0.1, -0.05) is 6.07 Å². The van der Waals surface area contributed by atoms with Gasteiger partial charge in [0.15, 0.2) is 0 Å². The number of anilines is 1. The van der Waals surface area contributed by atoms with E-state index in [0.717, 1.165) is 0 Å². The molecule has 0 fully saturated rings. The van der Waals surface area contributed by atoms with Crippen molar-refractivity contribution >= 4 is 15.7 Å². The Kier molecular flexibility index (Phi) is 3.26. The van der Waals surface area contributed by atoms with Crippen LogP contribution < -0.4 is 4.72 Å².